The van der Waals surface area contributed by atoms with Gasteiger partial charge in [0.05, 0.1) is 29.6 Å². The van der Waals surface area contributed by atoms with E-state index < -0.39 is 21.2 Å². The number of azo groups is 1. The van der Waals surface area contributed by atoms with Crippen molar-refractivity contribution in [3.05, 3.63) is 47.0 Å². The molecule has 0 aliphatic heterocycles. The van der Waals surface area contributed by atoms with E-state index in [1.165, 1.54) is 0 Å². The highest BCUT2D eigenvalue weighted by atomic mass is 35.5. The smallest absolute Gasteiger partial charge is 0.425 e. The molecule has 2 aromatic rings. The summed E-state index contributed by atoms with van der Waals surface area (Å²) in [6.45, 7) is 2.59. The van der Waals surface area contributed by atoms with Gasteiger partial charge in [0.2, 0.25) is 0 Å². The van der Waals surface area contributed by atoms with Gasteiger partial charge in [-0.25, -0.2) is 0 Å². The second kappa shape index (κ2) is 15.0. The number of nitrogens with zero attached hydrogens (tertiary/aromatic N) is 2. The minimum atomic E-state index is -3.11. The van der Waals surface area contributed by atoms with Crippen LogP contribution in [0.25, 0.3) is 0 Å². The summed E-state index contributed by atoms with van der Waals surface area (Å²) in [5, 5.41) is 17.7. The average molecular weight is 480 g/mol. The molecule has 164 valence electrons. The third kappa shape index (κ3) is 12.6. The van der Waals surface area contributed by atoms with Crippen molar-refractivity contribution in [3.8, 4) is 5.75 Å². The SMILES string of the molecule is CCCOc1cc(N=Nc2ccc(CO)cc2)c(Cl)cc1N.O=S(=O)=O.O=S(=O)=O. The molecule has 14 heteroatoms. The number of ether oxygens (including phenoxy) is 1. The van der Waals surface area contributed by atoms with Gasteiger partial charge >= 0.3 is 21.2 Å². The predicted molar refractivity (Wildman–Crippen MR) is 108 cm³/mol. The van der Waals surface area contributed by atoms with E-state index in [1.807, 2.05) is 6.92 Å². The zero-order valence-corrected chi connectivity index (χ0v) is 17.9. The van der Waals surface area contributed by atoms with Gasteiger partial charge in [-0.3, -0.25) is 0 Å². The molecule has 30 heavy (non-hydrogen) atoms. The molecular weight excluding hydrogens is 462 g/mol. The van der Waals surface area contributed by atoms with Gasteiger partial charge in [0.25, 0.3) is 0 Å². The number of anilines is 1. The molecule has 0 spiro atoms. The quantitative estimate of drug-likeness (QED) is 0.464. The van der Waals surface area contributed by atoms with Gasteiger partial charge in [-0.2, -0.15) is 5.11 Å². The van der Waals surface area contributed by atoms with Gasteiger partial charge in [0.1, 0.15) is 11.4 Å². The molecule has 3 N–H and O–H groups in total. The first-order valence-corrected chi connectivity index (χ1v) is 10.3. The number of aliphatic hydroxyl groups is 1. The van der Waals surface area contributed by atoms with Gasteiger partial charge in [-0.1, -0.05) is 30.7 Å². The first-order valence-electron chi connectivity index (χ1n) is 7.97. The summed E-state index contributed by atoms with van der Waals surface area (Å²) in [5.41, 5.74) is 8.32. The number of nitrogen functional groups attached to an aromatic ring is 1. The van der Waals surface area contributed by atoms with Gasteiger partial charge in [-0.15, -0.1) is 30.4 Å². The van der Waals surface area contributed by atoms with Crippen LogP contribution in [-0.2, 0) is 27.8 Å². The van der Waals surface area contributed by atoms with Crippen molar-refractivity contribution in [3.63, 3.8) is 0 Å². The monoisotopic (exact) mass is 479 g/mol. The molecule has 0 bridgehead atoms. The molecule has 0 atom stereocenters. The topological polar surface area (TPSA) is 183 Å². The highest BCUT2D eigenvalue weighted by Gasteiger charge is 2.07. The summed E-state index contributed by atoms with van der Waals surface area (Å²) < 4.78 is 56.2. The van der Waals surface area contributed by atoms with Crippen molar-refractivity contribution in [2.45, 2.75) is 20.0 Å². The third-order valence-corrected chi connectivity index (χ3v) is 3.24. The summed E-state index contributed by atoms with van der Waals surface area (Å²) >= 11 is 6.13. The lowest BCUT2D eigenvalue weighted by molar-refractivity contribution is 0.282. The first-order chi connectivity index (χ1) is 14.1. The fraction of sp³-hybridized carbons (Fsp3) is 0.250. The number of hydrogen-bond acceptors (Lipinski definition) is 11. The fourth-order valence-electron chi connectivity index (χ4n) is 1.75. The molecule has 0 aliphatic rings. The highest BCUT2D eigenvalue weighted by molar-refractivity contribution is 7.59. The van der Waals surface area contributed by atoms with E-state index in [-0.39, 0.29) is 6.61 Å². The highest BCUT2D eigenvalue weighted by Crippen LogP contribution is 2.35. The molecule has 0 amide bonds. The average Bonchev–Trinajstić information content (AvgIpc) is 2.66. The predicted octanol–water partition coefficient (Wildman–Crippen LogP) is 2.61. The first kappa shape index (κ1) is 27.1. The number of halogens is 1. The Morgan fingerprint density at radius 2 is 1.53 bits per heavy atom. The van der Waals surface area contributed by atoms with Crippen LogP contribution in [0.5, 0.6) is 5.75 Å². The van der Waals surface area contributed by atoms with E-state index in [1.54, 1.807) is 36.4 Å². The van der Waals surface area contributed by atoms with E-state index in [9.17, 15) is 0 Å². The fourth-order valence-corrected chi connectivity index (χ4v) is 1.96. The Balaban J connectivity index is 0.000000901. The Labute approximate surface area is 180 Å². The molecular formula is C16H18ClN3O8S2. The van der Waals surface area contributed by atoms with Crippen LogP contribution in [0.2, 0.25) is 5.02 Å². The minimum Gasteiger partial charge on any atom is -0.491 e. The molecule has 2 aromatic carbocycles. The number of aliphatic hydroxyl groups excluding tert-OH is 1. The van der Waals surface area contributed by atoms with Gasteiger partial charge in [0.15, 0.2) is 0 Å². The van der Waals surface area contributed by atoms with E-state index >= 15 is 0 Å². The molecule has 0 heterocycles. The van der Waals surface area contributed by atoms with E-state index in [2.05, 4.69) is 10.2 Å². The van der Waals surface area contributed by atoms with Crippen LogP contribution >= 0.6 is 11.6 Å². The summed E-state index contributed by atoms with van der Waals surface area (Å²) in [7, 11) is -6.22. The zero-order chi connectivity index (χ0) is 23.1. The summed E-state index contributed by atoms with van der Waals surface area (Å²) in [6, 6.07) is 10.4. The van der Waals surface area contributed by atoms with Crippen LogP contribution in [0.3, 0.4) is 0 Å². The van der Waals surface area contributed by atoms with Crippen LogP contribution in [-0.4, -0.2) is 37.0 Å². The van der Waals surface area contributed by atoms with Crippen molar-refractivity contribution < 1.29 is 35.1 Å². The lowest BCUT2D eigenvalue weighted by Crippen LogP contribution is -1.98. The third-order valence-electron chi connectivity index (χ3n) is 2.93. The zero-order valence-electron chi connectivity index (χ0n) is 15.6. The molecule has 0 fully saturated rings. The van der Waals surface area contributed by atoms with Crippen molar-refractivity contribution in [1.82, 2.24) is 0 Å². The molecule has 11 nitrogen and oxygen atoms in total. The largest absolute Gasteiger partial charge is 0.491 e. The van der Waals surface area contributed by atoms with E-state index in [0.717, 1.165) is 12.0 Å². The second-order valence-electron chi connectivity index (χ2n) is 5.12. The van der Waals surface area contributed by atoms with E-state index in [4.69, 9.17) is 52.4 Å². The molecule has 0 saturated carbocycles. The number of rotatable bonds is 6. The Hall–Kier alpha value is -2.87. The normalized spacial score (nSPS) is 9.70. The molecule has 0 radical (unpaired) electrons. The van der Waals surface area contributed by atoms with E-state index in [0.29, 0.717) is 34.4 Å². The van der Waals surface area contributed by atoms with Crippen molar-refractivity contribution in [2.75, 3.05) is 12.3 Å². The molecule has 0 aliphatic carbocycles. The Bertz CT molecular complexity index is 1010. The van der Waals surface area contributed by atoms with Crippen LogP contribution < -0.4 is 10.5 Å². The Kier molecular flexibility index (Phi) is 13.6. The van der Waals surface area contributed by atoms with Crippen LogP contribution in [0.4, 0.5) is 17.1 Å². The summed E-state index contributed by atoms with van der Waals surface area (Å²) in [6.07, 6.45) is 0.885. The minimum absolute atomic E-state index is 0.000654. The van der Waals surface area contributed by atoms with Crippen molar-refractivity contribution in [1.29, 1.82) is 0 Å². The Morgan fingerprint density at radius 1 is 1.00 bits per heavy atom. The lowest BCUT2D eigenvalue weighted by Gasteiger charge is -2.09. The molecule has 0 unspecified atom stereocenters. The summed E-state index contributed by atoms with van der Waals surface area (Å²) in [5.74, 6) is 0.552. The van der Waals surface area contributed by atoms with Crippen LogP contribution in [0, 0.1) is 0 Å². The van der Waals surface area contributed by atoms with Crippen molar-refractivity contribution >= 4 is 49.9 Å². The second-order valence-corrected chi connectivity index (χ2v) is 6.35. The molecule has 0 aromatic heterocycles. The van der Waals surface area contributed by atoms with Crippen LogP contribution in [0.15, 0.2) is 46.6 Å². The molecule has 2 rings (SSSR count). The lowest BCUT2D eigenvalue weighted by atomic mass is 10.2. The maximum absolute atomic E-state index is 9.00. The summed E-state index contributed by atoms with van der Waals surface area (Å²) in [4.78, 5) is 0. The number of nitrogens with two attached hydrogens (primary N) is 1. The van der Waals surface area contributed by atoms with Gasteiger partial charge < -0.3 is 15.6 Å². The standard InChI is InChI=1S/C16H18ClN3O2.2O3S/c1-2-7-22-16-9-15(13(17)8-14(16)18)20-19-12-5-3-11(10-21)4-6-12;2*1-4(2)3/h3-6,8-9,21H,2,7,10,18H2,1H3;;. The number of hydrogen-bond donors (Lipinski definition) is 2. The number of benzene rings is 2. The maximum atomic E-state index is 9.00. The van der Waals surface area contributed by atoms with Gasteiger partial charge in [-0.05, 0) is 30.2 Å². The maximum Gasteiger partial charge on any atom is 0.425 e. The van der Waals surface area contributed by atoms with Gasteiger partial charge in [0, 0.05) is 6.07 Å². The molecule has 0 saturated heterocycles. The van der Waals surface area contributed by atoms with Crippen LogP contribution in [0.1, 0.15) is 18.9 Å². The Morgan fingerprint density at radius 3 is 2.00 bits per heavy atom. The van der Waals surface area contributed by atoms with Crippen molar-refractivity contribution in [2.24, 2.45) is 10.2 Å².